The van der Waals surface area contributed by atoms with Crippen LogP contribution in [-0.4, -0.2) is 32.5 Å². The van der Waals surface area contributed by atoms with E-state index < -0.39 is 29.3 Å². The van der Waals surface area contributed by atoms with Crippen LogP contribution in [0.2, 0.25) is 0 Å². The second-order valence-electron chi connectivity index (χ2n) is 6.05. The van der Waals surface area contributed by atoms with Crippen molar-refractivity contribution in [3.63, 3.8) is 0 Å². The number of carbonyl (C=O) groups excluding carboxylic acids is 1. The minimum absolute atomic E-state index is 0.135. The van der Waals surface area contributed by atoms with Gasteiger partial charge in [-0.05, 0) is 47.4 Å². The smallest absolute Gasteiger partial charge is 0.330 e. The lowest BCUT2D eigenvalue weighted by Crippen LogP contribution is -2.32. The standard InChI is InChI=1S/C19H18O6/c1-2-18(23)25-17-9-10-3-4-13(20)5-11(10)6-14(17)12-7-15(21)19(24)16(22)8-12/h2-5,7-8,14,17,20-22,24H,1,6,9H2. The van der Waals surface area contributed by atoms with E-state index in [1.807, 2.05) is 0 Å². The maximum absolute atomic E-state index is 11.7. The first kappa shape index (κ1) is 16.7. The second-order valence-corrected chi connectivity index (χ2v) is 6.05. The fourth-order valence-electron chi connectivity index (χ4n) is 3.22. The normalized spacial score (nSPS) is 19.0. The van der Waals surface area contributed by atoms with Gasteiger partial charge < -0.3 is 25.2 Å². The molecule has 0 spiro atoms. The molecule has 25 heavy (non-hydrogen) atoms. The van der Waals surface area contributed by atoms with Gasteiger partial charge in [-0.25, -0.2) is 4.79 Å². The van der Waals surface area contributed by atoms with E-state index in [-0.39, 0.29) is 11.7 Å². The molecule has 0 aliphatic heterocycles. The third-order valence-electron chi connectivity index (χ3n) is 4.45. The van der Waals surface area contributed by atoms with E-state index >= 15 is 0 Å². The van der Waals surface area contributed by atoms with Crippen LogP contribution in [0.4, 0.5) is 0 Å². The Bertz CT molecular complexity index is 819. The molecule has 2 aromatic carbocycles. The third kappa shape index (κ3) is 3.24. The van der Waals surface area contributed by atoms with Crippen LogP contribution in [0.5, 0.6) is 23.0 Å². The van der Waals surface area contributed by atoms with Gasteiger partial charge in [0.15, 0.2) is 17.2 Å². The lowest BCUT2D eigenvalue weighted by atomic mass is 9.77. The van der Waals surface area contributed by atoms with Crippen molar-refractivity contribution in [1.82, 2.24) is 0 Å². The summed E-state index contributed by atoms with van der Waals surface area (Å²) in [4.78, 5) is 11.7. The molecule has 1 aliphatic rings. The van der Waals surface area contributed by atoms with Gasteiger partial charge in [0, 0.05) is 18.4 Å². The van der Waals surface area contributed by atoms with Gasteiger partial charge in [0.05, 0.1) is 0 Å². The van der Waals surface area contributed by atoms with E-state index in [0.717, 1.165) is 17.2 Å². The van der Waals surface area contributed by atoms with Crippen LogP contribution in [-0.2, 0) is 22.4 Å². The predicted molar refractivity (Wildman–Crippen MR) is 89.8 cm³/mol. The molecule has 0 aromatic heterocycles. The lowest BCUT2D eigenvalue weighted by molar-refractivity contribution is -0.144. The molecule has 6 nitrogen and oxygen atoms in total. The Morgan fingerprint density at radius 2 is 1.72 bits per heavy atom. The summed E-state index contributed by atoms with van der Waals surface area (Å²) in [5.41, 5.74) is 2.36. The number of rotatable bonds is 3. The first-order valence-corrected chi connectivity index (χ1v) is 7.77. The van der Waals surface area contributed by atoms with E-state index in [1.54, 1.807) is 18.2 Å². The molecule has 1 aliphatic carbocycles. The Morgan fingerprint density at radius 3 is 2.36 bits per heavy atom. The van der Waals surface area contributed by atoms with Crippen LogP contribution in [0.25, 0.3) is 0 Å². The van der Waals surface area contributed by atoms with Gasteiger partial charge in [0.1, 0.15) is 11.9 Å². The Morgan fingerprint density at radius 1 is 1.04 bits per heavy atom. The van der Waals surface area contributed by atoms with Crippen molar-refractivity contribution in [2.24, 2.45) is 0 Å². The maximum Gasteiger partial charge on any atom is 0.330 e. The van der Waals surface area contributed by atoms with Gasteiger partial charge in [0.25, 0.3) is 0 Å². The Hall–Kier alpha value is -3.15. The van der Waals surface area contributed by atoms with Gasteiger partial charge in [-0.3, -0.25) is 0 Å². The number of hydrogen-bond acceptors (Lipinski definition) is 6. The minimum Gasteiger partial charge on any atom is -0.508 e. The second kappa shape index (κ2) is 6.39. The van der Waals surface area contributed by atoms with Crippen LogP contribution < -0.4 is 0 Å². The van der Waals surface area contributed by atoms with Crippen molar-refractivity contribution in [3.8, 4) is 23.0 Å². The molecule has 3 rings (SSSR count). The van der Waals surface area contributed by atoms with E-state index in [4.69, 9.17) is 4.74 Å². The molecule has 2 atom stereocenters. The van der Waals surface area contributed by atoms with Crippen molar-refractivity contribution in [2.45, 2.75) is 24.9 Å². The Kier molecular flexibility index (Phi) is 4.27. The largest absolute Gasteiger partial charge is 0.508 e. The van der Waals surface area contributed by atoms with Crippen LogP contribution in [0.15, 0.2) is 43.0 Å². The highest BCUT2D eigenvalue weighted by Gasteiger charge is 2.33. The number of benzene rings is 2. The van der Waals surface area contributed by atoms with Crippen LogP contribution in [0, 0.1) is 0 Å². The zero-order valence-corrected chi connectivity index (χ0v) is 13.3. The molecule has 0 heterocycles. The summed E-state index contributed by atoms with van der Waals surface area (Å²) in [6.07, 6.45) is 1.39. The highest BCUT2D eigenvalue weighted by atomic mass is 16.5. The van der Waals surface area contributed by atoms with Crippen molar-refractivity contribution in [2.75, 3.05) is 0 Å². The molecule has 2 aromatic rings. The summed E-state index contributed by atoms with van der Waals surface area (Å²) < 4.78 is 5.46. The fourth-order valence-corrected chi connectivity index (χ4v) is 3.22. The lowest BCUT2D eigenvalue weighted by Gasteiger charge is -2.33. The van der Waals surface area contributed by atoms with Crippen LogP contribution in [0.1, 0.15) is 22.6 Å². The average molecular weight is 342 g/mol. The molecule has 4 N–H and O–H groups in total. The summed E-state index contributed by atoms with van der Waals surface area (Å²) in [7, 11) is 0. The van der Waals surface area contributed by atoms with E-state index in [0.29, 0.717) is 18.4 Å². The molecule has 0 saturated carbocycles. The molecule has 6 heteroatoms. The average Bonchev–Trinajstić information content (AvgIpc) is 2.58. The highest BCUT2D eigenvalue weighted by molar-refractivity contribution is 5.81. The molecule has 0 saturated heterocycles. The number of fused-ring (bicyclic) bond motifs is 1. The maximum atomic E-state index is 11.7. The van der Waals surface area contributed by atoms with Crippen LogP contribution in [0.3, 0.4) is 0 Å². The summed E-state index contributed by atoms with van der Waals surface area (Å²) >= 11 is 0. The number of hydrogen-bond donors (Lipinski definition) is 4. The van der Waals surface area contributed by atoms with Crippen molar-refractivity contribution in [1.29, 1.82) is 0 Å². The quantitative estimate of drug-likeness (QED) is 0.388. The summed E-state index contributed by atoms with van der Waals surface area (Å²) in [5.74, 6) is -2.30. The number of carbonyl (C=O) groups is 1. The molecule has 0 radical (unpaired) electrons. The van der Waals surface area contributed by atoms with Crippen molar-refractivity contribution in [3.05, 3.63) is 59.7 Å². The fraction of sp³-hybridized carbons (Fsp3) is 0.211. The number of aromatic hydroxyl groups is 4. The molecule has 0 bridgehead atoms. The van der Waals surface area contributed by atoms with Gasteiger partial charge in [0.2, 0.25) is 0 Å². The van der Waals surface area contributed by atoms with Crippen LogP contribution >= 0.6 is 0 Å². The molecule has 0 amide bonds. The third-order valence-corrected chi connectivity index (χ3v) is 4.45. The monoisotopic (exact) mass is 342 g/mol. The zero-order valence-electron chi connectivity index (χ0n) is 13.3. The van der Waals surface area contributed by atoms with E-state index in [9.17, 15) is 25.2 Å². The summed E-state index contributed by atoms with van der Waals surface area (Å²) in [6.45, 7) is 3.40. The van der Waals surface area contributed by atoms with Gasteiger partial charge in [-0.2, -0.15) is 0 Å². The predicted octanol–water partition coefficient (Wildman–Crippen LogP) is 2.49. The molecule has 130 valence electrons. The first-order valence-electron chi connectivity index (χ1n) is 7.77. The van der Waals surface area contributed by atoms with Gasteiger partial charge >= 0.3 is 5.97 Å². The van der Waals surface area contributed by atoms with Gasteiger partial charge in [-0.15, -0.1) is 0 Å². The zero-order chi connectivity index (χ0) is 18.1. The van der Waals surface area contributed by atoms with Crippen molar-refractivity contribution < 1.29 is 30.0 Å². The SMILES string of the molecule is C=CC(=O)OC1Cc2ccc(O)cc2CC1c1cc(O)c(O)c(O)c1. The van der Waals surface area contributed by atoms with Gasteiger partial charge in [-0.1, -0.05) is 12.6 Å². The highest BCUT2D eigenvalue weighted by Crippen LogP contribution is 2.42. The summed E-state index contributed by atoms with van der Waals surface area (Å²) in [6, 6.07) is 7.67. The molecular formula is C19H18O6. The van der Waals surface area contributed by atoms with E-state index in [1.165, 1.54) is 12.1 Å². The number of phenols is 4. The number of esters is 1. The summed E-state index contributed by atoms with van der Waals surface area (Å²) in [5, 5.41) is 38.8. The minimum atomic E-state index is -0.600. The number of ether oxygens (including phenoxy) is 1. The molecule has 0 fully saturated rings. The molecule has 2 unspecified atom stereocenters. The molecular weight excluding hydrogens is 324 g/mol. The first-order chi connectivity index (χ1) is 11.9. The number of phenolic OH excluding ortho intramolecular Hbond substituents is 4. The topological polar surface area (TPSA) is 107 Å². The van der Waals surface area contributed by atoms with E-state index in [2.05, 4.69) is 6.58 Å². The Balaban J connectivity index is 2.03. The van der Waals surface area contributed by atoms with Crippen molar-refractivity contribution >= 4 is 5.97 Å². The Labute approximate surface area is 144 Å².